The molecule has 33 heavy (non-hydrogen) atoms. The van der Waals surface area contributed by atoms with E-state index in [2.05, 4.69) is 4.98 Å². The normalized spacial score (nSPS) is 14.2. The molecule has 1 aliphatic heterocycles. The number of amides is 2. The zero-order valence-corrected chi connectivity index (χ0v) is 17.7. The first-order valence-corrected chi connectivity index (χ1v) is 10.6. The topological polar surface area (TPSA) is 88.4 Å². The monoisotopic (exact) mass is 449 g/mol. The number of morpholine rings is 1. The van der Waals surface area contributed by atoms with Crippen LogP contribution in [0.2, 0.25) is 0 Å². The highest BCUT2D eigenvalue weighted by molar-refractivity contribution is 6.12. The van der Waals surface area contributed by atoms with E-state index in [1.807, 2.05) is 18.2 Å². The zero-order valence-electron chi connectivity index (χ0n) is 17.7. The number of ether oxygens (including phenoxy) is 1. The Hall–Kier alpha value is -3.78. The van der Waals surface area contributed by atoms with Crippen LogP contribution < -0.4 is 5.73 Å². The lowest BCUT2D eigenvalue weighted by molar-refractivity contribution is -0.117. The lowest BCUT2D eigenvalue weighted by Gasteiger charge is -2.26. The molecule has 6 nitrogen and oxygen atoms in total. The molecule has 2 heterocycles. The number of benzene rings is 3. The highest BCUT2D eigenvalue weighted by Crippen LogP contribution is 2.34. The second kappa shape index (κ2) is 8.29. The van der Waals surface area contributed by atoms with Crippen molar-refractivity contribution in [3.05, 3.63) is 71.3 Å². The molecule has 1 fully saturated rings. The molecule has 0 aliphatic carbocycles. The van der Waals surface area contributed by atoms with Crippen LogP contribution in [0.1, 0.15) is 15.9 Å². The maximum Gasteiger partial charge on any atom is 0.254 e. The van der Waals surface area contributed by atoms with E-state index in [0.717, 1.165) is 28.4 Å². The van der Waals surface area contributed by atoms with Gasteiger partial charge in [0.05, 0.1) is 25.2 Å². The summed E-state index contributed by atoms with van der Waals surface area (Å²) in [6.07, 6.45) is -0.0274. The van der Waals surface area contributed by atoms with E-state index in [4.69, 9.17) is 10.5 Å². The highest BCUT2D eigenvalue weighted by Gasteiger charge is 2.20. The van der Waals surface area contributed by atoms with Gasteiger partial charge in [0.2, 0.25) is 5.91 Å². The Balaban J connectivity index is 1.68. The number of carbonyl (C=O) groups is 2. The summed E-state index contributed by atoms with van der Waals surface area (Å²) in [6.45, 7) is 2.09. The van der Waals surface area contributed by atoms with E-state index in [-0.39, 0.29) is 12.3 Å². The third-order valence-electron chi connectivity index (χ3n) is 5.95. The third-order valence-corrected chi connectivity index (χ3v) is 5.95. The first-order valence-electron chi connectivity index (χ1n) is 10.6. The number of halogens is 2. The molecule has 0 spiro atoms. The molecule has 0 atom stereocenters. The molecule has 1 saturated heterocycles. The van der Waals surface area contributed by atoms with E-state index in [9.17, 15) is 18.4 Å². The van der Waals surface area contributed by atoms with Gasteiger partial charge in [-0.3, -0.25) is 9.59 Å². The average molecular weight is 449 g/mol. The predicted octanol–water partition coefficient (Wildman–Crippen LogP) is 3.77. The molecule has 0 saturated carbocycles. The lowest BCUT2D eigenvalue weighted by atomic mass is 9.97. The number of hydrogen-bond acceptors (Lipinski definition) is 3. The predicted molar refractivity (Wildman–Crippen MR) is 121 cm³/mol. The molecule has 1 aliphatic rings. The fourth-order valence-electron chi connectivity index (χ4n) is 4.32. The van der Waals surface area contributed by atoms with Crippen molar-refractivity contribution in [1.29, 1.82) is 0 Å². The molecular weight excluding hydrogens is 428 g/mol. The van der Waals surface area contributed by atoms with Crippen molar-refractivity contribution in [2.24, 2.45) is 5.73 Å². The van der Waals surface area contributed by atoms with Gasteiger partial charge in [-0.05, 0) is 59.2 Å². The van der Waals surface area contributed by atoms with Gasteiger partial charge in [0, 0.05) is 34.9 Å². The summed E-state index contributed by atoms with van der Waals surface area (Å²) in [5, 5.41) is 1.55. The Morgan fingerprint density at radius 3 is 2.45 bits per heavy atom. The van der Waals surface area contributed by atoms with Gasteiger partial charge in [-0.1, -0.05) is 6.07 Å². The second-order valence-corrected chi connectivity index (χ2v) is 8.12. The van der Waals surface area contributed by atoms with Crippen LogP contribution in [0.3, 0.4) is 0 Å². The van der Waals surface area contributed by atoms with Crippen LogP contribution in [-0.4, -0.2) is 48.0 Å². The maximum atomic E-state index is 13.9. The smallest absolute Gasteiger partial charge is 0.254 e. The molecule has 0 bridgehead atoms. The molecule has 3 N–H and O–H groups in total. The van der Waals surface area contributed by atoms with Crippen molar-refractivity contribution in [2.45, 2.75) is 6.42 Å². The van der Waals surface area contributed by atoms with Crippen LogP contribution in [0.25, 0.3) is 32.9 Å². The van der Waals surface area contributed by atoms with Crippen LogP contribution in [0.5, 0.6) is 0 Å². The Kier molecular flexibility index (Phi) is 5.30. The van der Waals surface area contributed by atoms with Gasteiger partial charge in [0.25, 0.3) is 5.91 Å². The first-order chi connectivity index (χ1) is 15.9. The first kappa shape index (κ1) is 21.1. The van der Waals surface area contributed by atoms with Crippen molar-refractivity contribution in [2.75, 3.05) is 26.3 Å². The van der Waals surface area contributed by atoms with Crippen LogP contribution >= 0.6 is 0 Å². The van der Waals surface area contributed by atoms with Gasteiger partial charge in [0.15, 0.2) is 11.6 Å². The van der Waals surface area contributed by atoms with E-state index in [0.29, 0.717) is 54.1 Å². The van der Waals surface area contributed by atoms with Crippen molar-refractivity contribution in [3.8, 4) is 11.1 Å². The number of nitrogens with zero attached hydrogens (tertiary/aromatic N) is 1. The molecule has 0 radical (unpaired) electrons. The minimum absolute atomic E-state index is 0.0274. The van der Waals surface area contributed by atoms with E-state index in [1.165, 1.54) is 6.07 Å². The maximum absolute atomic E-state index is 13.9. The molecule has 5 rings (SSSR count). The van der Waals surface area contributed by atoms with Gasteiger partial charge in [-0.25, -0.2) is 8.78 Å². The fourth-order valence-corrected chi connectivity index (χ4v) is 4.32. The molecular formula is C25H21F2N3O3. The van der Waals surface area contributed by atoms with E-state index in [1.54, 1.807) is 17.0 Å². The quantitative estimate of drug-likeness (QED) is 0.497. The molecule has 8 heteroatoms. The number of fused-ring (bicyclic) bond motifs is 3. The largest absolute Gasteiger partial charge is 0.378 e. The summed E-state index contributed by atoms with van der Waals surface area (Å²) in [6, 6.07) is 12.7. The molecule has 0 unspecified atom stereocenters. The molecule has 2 amide bonds. The number of nitrogens with two attached hydrogens (primary N) is 1. The van der Waals surface area contributed by atoms with Crippen LogP contribution in [0.15, 0.2) is 48.5 Å². The molecule has 1 aromatic heterocycles. The Morgan fingerprint density at radius 1 is 0.939 bits per heavy atom. The summed E-state index contributed by atoms with van der Waals surface area (Å²) in [5.41, 5.74) is 9.23. The Labute approximate surface area is 187 Å². The highest BCUT2D eigenvalue weighted by atomic mass is 19.2. The number of H-pyrrole nitrogens is 1. The van der Waals surface area contributed by atoms with Gasteiger partial charge in [0.1, 0.15) is 0 Å². The standard InChI is InChI=1S/C25H21F2N3O3/c26-20-3-1-14(12-21(20)27)16-9-17(13-23(28)31)24-19(11-16)18-10-15(2-4-22(18)29-24)25(32)30-5-7-33-8-6-30/h1-4,9-12,29H,5-8,13H2,(H2,28,31). The van der Waals surface area contributed by atoms with Crippen LogP contribution in [0, 0.1) is 11.6 Å². The second-order valence-electron chi connectivity index (χ2n) is 8.12. The number of nitrogens with one attached hydrogen (secondary N) is 1. The number of aromatic amines is 1. The SMILES string of the molecule is NC(=O)Cc1cc(-c2ccc(F)c(F)c2)cc2c1[nH]c1ccc(C(=O)N3CCOCC3)cc12. The number of rotatable bonds is 4. The fraction of sp³-hybridized carbons (Fsp3) is 0.200. The van der Waals surface area contributed by atoms with E-state index >= 15 is 0 Å². The third kappa shape index (κ3) is 3.93. The van der Waals surface area contributed by atoms with Gasteiger partial charge in [-0.15, -0.1) is 0 Å². The molecule has 3 aromatic carbocycles. The summed E-state index contributed by atoms with van der Waals surface area (Å²) in [5.74, 6) is -2.49. The van der Waals surface area contributed by atoms with Crippen molar-refractivity contribution in [1.82, 2.24) is 9.88 Å². The Bertz CT molecular complexity index is 1410. The molecule has 4 aromatic rings. The summed E-state index contributed by atoms with van der Waals surface area (Å²) < 4.78 is 32.7. The minimum atomic E-state index is -0.957. The van der Waals surface area contributed by atoms with Crippen LogP contribution in [-0.2, 0) is 16.0 Å². The van der Waals surface area contributed by atoms with Gasteiger partial charge >= 0.3 is 0 Å². The van der Waals surface area contributed by atoms with Crippen molar-refractivity contribution in [3.63, 3.8) is 0 Å². The zero-order chi connectivity index (χ0) is 23.1. The number of aromatic nitrogens is 1. The van der Waals surface area contributed by atoms with Crippen molar-refractivity contribution >= 4 is 33.6 Å². The van der Waals surface area contributed by atoms with Gasteiger partial charge < -0.3 is 20.4 Å². The van der Waals surface area contributed by atoms with E-state index < -0.39 is 17.5 Å². The summed E-state index contributed by atoms with van der Waals surface area (Å²) >= 11 is 0. The molecule has 168 valence electrons. The number of carbonyl (C=O) groups excluding carboxylic acids is 2. The number of primary amides is 1. The number of hydrogen-bond donors (Lipinski definition) is 2. The summed E-state index contributed by atoms with van der Waals surface area (Å²) in [4.78, 5) is 29.8. The average Bonchev–Trinajstić information content (AvgIpc) is 3.19. The Morgan fingerprint density at radius 2 is 1.73 bits per heavy atom. The van der Waals surface area contributed by atoms with Gasteiger partial charge in [-0.2, -0.15) is 0 Å². The minimum Gasteiger partial charge on any atom is -0.378 e. The lowest BCUT2D eigenvalue weighted by Crippen LogP contribution is -2.40. The van der Waals surface area contributed by atoms with Crippen molar-refractivity contribution < 1.29 is 23.1 Å². The van der Waals surface area contributed by atoms with Crippen LogP contribution in [0.4, 0.5) is 8.78 Å². The summed E-state index contributed by atoms with van der Waals surface area (Å²) in [7, 11) is 0.